The maximum atomic E-state index is 12.6. The number of benzene rings is 1. The van der Waals surface area contributed by atoms with Crippen molar-refractivity contribution in [3.8, 4) is 0 Å². The van der Waals surface area contributed by atoms with Gasteiger partial charge in [0, 0.05) is 30.6 Å². The molecule has 2 aromatic rings. The molecule has 4 rings (SSSR count). The lowest BCUT2D eigenvalue weighted by atomic mass is 9.95. The first-order valence-electron chi connectivity index (χ1n) is 12.8. The minimum Gasteiger partial charge on any atom is -0.444 e. The second-order valence-electron chi connectivity index (χ2n) is 11.3. The van der Waals surface area contributed by atoms with Crippen molar-refractivity contribution in [2.75, 3.05) is 6.54 Å². The van der Waals surface area contributed by atoms with Crippen molar-refractivity contribution in [1.29, 1.82) is 0 Å². The Kier molecular flexibility index (Phi) is 7.31. The number of rotatable bonds is 7. The highest BCUT2D eigenvalue weighted by Gasteiger charge is 2.42. The quantitative estimate of drug-likeness (QED) is 0.579. The molecule has 0 radical (unpaired) electrons. The van der Waals surface area contributed by atoms with E-state index < -0.39 is 5.60 Å². The molecule has 2 fully saturated rings. The van der Waals surface area contributed by atoms with Crippen LogP contribution in [0.3, 0.4) is 0 Å². The lowest BCUT2D eigenvalue weighted by molar-refractivity contribution is 0.0488. The monoisotopic (exact) mass is 467 g/mol. The number of alkyl carbamates (subject to hydrolysis) is 1. The average Bonchev–Trinajstić information content (AvgIpc) is 3.26. The molecule has 34 heavy (non-hydrogen) atoms. The lowest BCUT2D eigenvalue weighted by Gasteiger charge is -2.40. The minimum atomic E-state index is -0.512. The molecule has 2 aliphatic rings. The molecule has 2 aliphatic heterocycles. The first-order chi connectivity index (χ1) is 16.1. The van der Waals surface area contributed by atoms with E-state index in [4.69, 9.17) is 4.74 Å². The second kappa shape index (κ2) is 10.1. The molecule has 2 saturated heterocycles. The maximum Gasteiger partial charge on any atom is 0.408 e. The molecule has 7 nitrogen and oxygen atoms in total. The molecule has 1 aromatic carbocycles. The molecular formula is C27H41N5O2. The normalized spacial score (nSPS) is 23.8. The predicted octanol–water partition coefficient (Wildman–Crippen LogP) is 5.53. The molecule has 0 aliphatic carbocycles. The summed E-state index contributed by atoms with van der Waals surface area (Å²) in [5.74, 6) is 2.52. The van der Waals surface area contributed by atoms with Crippen LogP contribution in [0.2, 0.25) is 0 Å². The zero-order valence-electron chi connectivity index (χ0n) is 21.6. The van der Waals surface area contributed by atoms with Gasteiger partial charge in [-0.15, -0.1) is 10.2 Å². The molecular weight excluding hydrogens is 426 g/mol. The number of aromatic nitrogens is 3. The number of carbonyl (C=O) groups excluding carboxylic acids is 1. The Morgan fingerprint density at radius 1 is 1.09 bits per heavy atom. The van der Waals surface area contributed by atoms with Gasteiger partial charge in [-0.1, -0.05) is 44.2 Å². The minimum absolute atomic E-state index is 0.0687. The topological polar surface area (TPSA) is 72.3 Å². The van der Waals surface area contributed by atoms with Crippen molar-refractivity contribution in [2.24, 2.45) is 0 Å². The van der Waals surface area contributed by atoms with Crippen LogP contribution in [0.1, 0.15) is 102 Å². The van der Waals surface area contributed by atoms with Crippen LogP contribution in [-0.2, 0) is 4.74 Å². The van der Waals surface area contributed by atoms with Crippen molar-refractivity contribution < 1.29 is 9.53 Å². The Hall–Kier alpha value is -2.41. The largest absolute Gasteiger partial charge is 0.444 e. The fourth-order valence-electron chi connectivity index (χ4n) is 5.79. The van der Waals surface area contributed by atoms with E-state index in [2.05, 4.69) is 57.9 Å². The van der Waals surface area contributed by atoms with E-state index in [-0.39, 0.29) is 12.1 Å². The predicted molar refractivity (Wildman–Crippen MR) is 134 cm³/mol. The molecule has 2 bridgehead atoms. The Balaban J connectivity index is 1.43. The van der Waals surface area contributed by atoms with E-state index in [1.165, 1.54) is 12.8 Å². The zero-order chi connectivity index (χ0) is 24.5. The molecule has 1 N–H and O–H groups in total. The number of piperidine rings is 1. The highest BCUT2D eigenvalue weighted by atomic mass is 16.6. The smallest absolute Gasteiger partial charge is 0.408 e. The van der Waals surface area contributed by atoms with Gasteiger partial charge < -0.3 is 14.6 Å². The van der Waals surface area contributed by atoms with E-state index >= 15 is 0 Å². The van der Waals surface area contributed by atoms with Gasteiger partial charge in [-0.05, 0) is 65.4 Å². The average molecular weight is 468 g/mol. The number of fused-ring (bicyclic) bond motifs is 2. The first-order valence-corrected chi connectivity index (χ1v) is 12.8. The van der Waals surface area contributed by atoms with Gasteiger partial charge in [-0.3, -0.25) is 4.90 Å². The molecule has 1 unspecified atom stereocenters. The number of nitrogens with one attached hydrogen (secondary N) is 1. The maximum absolute atomic E-state index is 12.6. The van der Waals surface area contributed by atoms with Gasteiger partial charge in [-0.25, -0.2) is 4.79 Å². The Bertz CT molecular complexity index is 951. The fraction of sp³-hybridized carbons (Fsp3) is 0.667. The number of amides is 1. The van der Waals surface area contributed by atoms with Crippen LogP contribution in [0, 0.1) is 6.92 Å². The van der Waals surface area contributed by atoms with Crippen molar-refractivity contribution in [3.63, 3.8) is 0 Å². The van der Waals surface area contributed by atoms with Gasteiger partial charge in [0.15, 0.2) is 0 Å². The second-order valence-corrected chi connectivity index (χ2v) is 11.3. The van der Waals surface area contributed by atoms with Crippen LogP contribution in [0.25, 0.3) is 0 Å². The SMILES string of the molecule is Cc1nnc(C(C)C)n1C1C[C@H]2CC[C@@H](C1)N2CC[C@H](NC(=O)OC(C)(C)C)c1ccccc1. The van der Waals surface area contributed by atoms with E-state index in [9.17, 15) is 4.79 Å². The third-order valence-corrected chi connectivity index (χ3v) is 7.20. The summed E-state index contributed by atoms with van der Waals surface area (Å²) >= 11 is 0. The van der Waals surface area contributed by atoms with Crippen LogP contribution in [0.15, 0.2) is 30.3 Å². The summed E-state index contributed by atoms with van der Waals surface area (Å²) in [6.07, 6.45) is 5.29. The fourth-order valence-corrected chi connectivity index (χ4v) is 5.79. The molecule has 4 atom stereocenters. The first kappa shape index (κ1) is 24.7. The van der Waals surface area contributed by atoms with Crippen LogP contribution in [-0.4, -0.2) is 50.0 Å². The summed E-state index contributed by atoms with van der Waals surface area (Å²) in [6, 6.07) is 11.8. The van der Waals surface area contributed by atoms with Crippen molar-refractivity contribution >= 4 is 6.09 Å². The summed E-state index contributed by atoms with van der Waals surface area (Å²) < 4.78 is 7.96. The Morgan fingerprint density at radius 2 is 1.74 bits per heavy atom. The Morgan fingerprint density at radius 3 is 2.32 bits per heavy atom. The van der Waals surface area contributed by atoms with Gasteiger partial charge in [0.25, 0.3) is 0 Å². The molecule has 3 heterocycles. The summed E-state index contributed by atoms with van der Waals surface area (Å²) in [7, 11) is 0. The van der Waals surface area contributed by atoms with Gasteiger partial charge in [0.2, 0.25) is 0 Å². The summed E-state index contributed by atoms with van der Waals surface area (Å²) in [5, 5.41) is 12.0. The highest BCUT2D eigenvalue weighted by Crippen LogP contribution is 2.42. The van der Waals surface area contributed by atoms with Crippen LogP contribution in [0.5, 0.6) is 0 Å². The van der Waals surface area contributed by atoms with Crippen LogP contribution in [0.4, 0.5) is 4.79 Å². The number of aryl methyl sites for hydroxylation is 1. The van der Waals surface area contributed by atoms with E-state index in [1.54, 1.807) is 0 Å². The third kappa shape index (κ3) is 5.62. The van der Waals surface area contributed by atoms with Gasteiger partial charge in [0.05, 0.1) is 6.04 Å². The van der Waals surface area contributed by atoms with E-state index in [0.717, 1.165) is 43.0 Å². The molecule has 186 valence electrons. The van der Waals surface area contributed by atoms with Gasteiger partial charge >= 0.3 is 6.09 Å². The molecule has 0 spiro atoms. The van der Waals surface area contributed by atoms with Crippen molar-refractivity contribution in [3.05, 3.63) is 47.5 Å². The molecule has 1 aromatic heterocycles. The third-order valence-electron chi connectivity index (χ3n) is 7.20. The lowest BCUT2D eigenvalue weighted by Crippen LogP contribution is -2.45. The number of carbonyl (C=O) groups is 1. The van der Waals surface area contributed by atoms with E-state index in [1.807, 2.05) is 39.0 Å². The summed E-state index contributed by atoms with van der Waals surface area (Å²) in [5.41, 5.74) is 0.610. The summed E-state index contributed by atoms with van der Waals surface area (Å²) in [6.45, 7) is 13.1. The van der Waals surface area contributed by atoms with Crippen molar-refractivity contribution in [2.45, 2.75) is 109 Å². The van der Waals surface area contributed by atoms with Crippen LogP contribution >= 0.6 is 0 Å². The number of ether oxygens (including phenoxy) is 1. The summed E-state index contributed by atoms with van der Waals surface area (Å²) in [4.78, 5) is 15.3. The molecule has 0 saturated carbocycles. The number of hydrogen-bond donors (Lipinski definition) is 1. The standard InChI is InChI=1S/C27H41N5O2/c1-18(2)25-30-29-19(3)32(25)23-16-21-12-13-22(17-23)31(21)15-14-24(20-10-8-7-9-11-20)28-26(33)34-27(4,5)6/h7-11,18,21-24H,12-17H2,1-6H3,(H,28,33)/t21-,22+,23?,24-/m0/s1. The molecule has 1 amide bonds. The number of hydrogen-bond acceptors (Lipinski definition) is 5. The Labute approximate surface area is 204 Å². The zero-order valence-corrected chi connectivity index (χ0v) is 21.6. The van der Waals surface area contributed by atoms with E-state index in [0.29, 0.717) is 24.0 Å². The molecule has 7 heteroatoms. The van der Waals surface area contributed by atoms with Crippen molar-refractivity contribution in [1.82, 2.24) is 25.0 Å². The van der Waals surface area contributed by atoms with Gasteiger partial charge in [0.1, 0.15) is 17.2 Å². The number of nitrogens with zero attached hydrogens (tertiary/aromatic N) is 4. The van der Waals surface area contributed by atoms with Gasteiger partial charge in [-0.2, -0.15) is 0 Å². The van der Waals surface area contributed by atoms with Crippen LogP contribution < -0.4 is 5.32 Å². The highest BCUT2D eigenvalue weighted by molar-refractivity contribution is 5.68.